The van der Waals surface area contributed by atoms with Crippen molar-refractivity contribution in [3.63, 3.8) is 0 Å². The minimum Gasteiger partial charge on any atom is -0.493 e. The SMILES string of the molecule is CC(C)c1cc(NC(=O)[C@H](C(C)C)N(C)C=O)cc(C(C)C)c1OCCC(F)(F)C(F)(F)C(F)(F)C(F)(F)C(F)(F)C(F)(F)F. The first kappa shape index (κ1) is 40.1. The van der Waals surface area contributed by atoms with Gasteiger partial charge in [-0.15, -0.1) is 0 Å². The molecule has 0 bridgehead atoms. The summed E-state index contributed by atoms with van der Waals surface area (Å²) >= 11 is 0. The third kappa shape index (κ3) is 7.55. The number of ether oxygens (including phenoxy) is 1. The standard InChI is InChI=1S/C27H33F13N2O3/c1-13(2)17-10-16(41-21(44)19(15(5)6)42(7)12-43)11-18(14(3)4)20(17)45-9-8-22(28,29)23(30,31)24(32,33)25(34,35)26(36,37)27(38,39)40/h10-15,19H,8-9H2,1-7H3,(H,41,44)/t19-/m0/s1. The van der Waals surface area contributed by atoms with Gasteiger partial charge in [-0.1, -0.05) is 41.5 Å². The average molecular weight is 681 g/mol. The molecule has 0 fully saturated rings. The molecular formula is C27H33F13N2O3. The van der Waals surface area contributed by atoms with Crippen LogP contribution >= 0.6 is 0 Å². The molecule has 18 heteroatoms. The van der Waals surface area contributed by atoms with Crippen LogP contribution in [0.3, 0.4) is 0 Å². The van der Waals surface area contributed by atoms with E-state index < -0.39 is 72.6 Å². The summed E-state index contributed by atoms with van der Waals surface area (Å²) in [5, 5.41) is 2.60. The molecule has 45 heavy (non-hydrogen) atoms. The summed E-state index contributed by atoms with van der Waals surface area (Å²) in [5.74, 6) is -39.6. The summed E-state index contributed by atoms with van der Waals surface area (Å²) in [4.78, 5) is 25.3. The van der Waals surface area contributed by atoms with Crippen LogP contribution in [0.25, 0.3) is 0 Å². The van der Waals surface area contributed by atoms with Gasteiger partial charge in [-0.25, -0.2) is 0 Å². The molecule has 0 aromatic heterocycles. The van der Waals surface area contributed by atoms with Gasteiger partial charge in [0.1, 0.15) is 11.8 Å². The summed E-state index contributed by atoms with van der Waals surface area (Å²) < 4.78 is 180. The van der Waals surface area contributed by atoms with Gasteiger partial charge in [0.2, 0.25) is 12.3 Å². The Morgan fingerprint density at radius 1 is 0.778 bits per heavy atom. The van der Waals surface area contributed by atoms with Crippen molar-refractivity contribution < 1.29 is 71.4 Å². The lowest BCUT2D eigenvalue weighted by Gasteiger charge is -2.39. The molecule has 0 aliphatic carbocycles. The van der Waals surface area contributed by atoms with E-state index in [0.717, 1.165) is 4.90 Å². The van der Waals surface area contributed by atoms with Crippen molar-refractivity contribution in [1.82, 2.24) is 4.90 Å². The number of hydrogen-bond donors (Lipinski definition) is 1. The van der Waals surface area contributed by atoms with Crippen molar-refractivity contribution in [3.8, 4) is 5.75 Å². The second-order valence-electron chi connectivity index (χ2n) is 11.3. The molecule has 0 heterocycles. The van der Waals surface area contributed by atoms with Crippen LogP contribution in [0.15, 0.2) is 12.1 Å². The Morgan fingerprint density at radius 3 is 1.56 bits per heavy atom. The molecule has 0 saturated heterocycles. The van der Waals surface area contributed by atoms with Crippen LogP contribution in [0.1, 0.15) is 70.9 Å². The number of hydrogen-bond acceptors (Lipinski definition) is 3. The van der Waals surface area contributed by atoms with Crippen LogP contribution in [0.5, 0.6) is 5.75 Å². The molecule has 1 N–H and O–H groups in total. The highest BCUT2D eigenvalue weighted by molar-refractivity contribution is 5.96. The minimum atomic E-state index is -7.98. The molecule has 1 rings (SSSR count). The molecule has 1 atom stereocenters. The highest BCUT2D eigenvalue weighted by Crippen LogP contribution is 2.60. The first-order chi connectivity index (χ1) is 20.0. The Kier molecular flexibility index (Phi) is 11.9. The smallest absolute Gasteiger partial charge is 0.460 e. The van der Waals surface area contributed by atoms with E-state index in [9.17, 15) is 66.7 Å². The van der Waals surface area contributed by atoms with Crippen molar-refractivity contribution in [2.45, 2.75) is 102 Å². The first-order valence-electron chi connectivity index (χ1n) is 13.3. The van der Waals surface area contributed by atoms with Crippen LogP contribution in [-0.4, -0.2) is 72.7 Å². The van der Waals surface area contributed by atoms with E-state index in [4.69, 9.17) is 4.74 Å². The van der Waals surface area contributed by atoms with Crippen LogP contribution in [0.2, 0.25) is 0 Å². The Morgan fingerprint density at radius 2 is 1.20 bits per heavy atom. The number of halogens is 13. The molecule has 0 radical (unpaired) electrons. The number of likely N-dealkylation sites (N-methyl/N-ethyl adjacent to an activating group) is 1. The fourth-order valence-electron chi connectivity index (χ4n) is 4.25. The average Bonchev–Trinajstić information content (AvgIpc) is 2.87. The quantitative estimate of drug-likeness (QED) is 0.149. The number of rotatable bonds is 15. The van der Waals surface area contributed by atoms with Crippen LogP contribution in [-0.2, 0) is 9.59 Å². The molecule has 0 aliphatic rings. The number of benzene rings is 1. The normalized spacial score (nSPS) is 14.6. The highest BCUT2D eigenvalue weighted by atomic mass is 19.4. The second-order valence-corrected chi connectivity index (χ2v) is 11.3. The van der Waals surface area contributed by atoms with Crippen LogP contribution < -0.4 is 10.1 Å². The van der Waals surface area contributed by atoms with Gasteiger partial charge in [-0.3, -0.25) is 9.59 Å². The molecule has 5 nitrogen and oxygen atoms in total. The number of anilines is 1. The Balaban J connectivity index is 3.45. The molecular weight excluding hydrogens is 647 g/mol. The van der Waals surface area contributed by atoms with Gasteiger partial charge >= 0.3 is 35.8 Å². The van der Waals surface area contributed by atoms with Crippen molar-refractivity contribution in [2.24, 2.45) is 5.92 Å². The zero-order valence-corrected chi connectivity index (χ0v) is 25.0. The van der Waals surface area contributed by atoms with Crippen LogP contribution in [0.4, 0.5) is 62.8 Å². The number of nitrogens with one attached hydrogen (secondary N) is 1. The number of carbonyl (C=O) groups excluding carboxylic acids is 2. The maximum atomic E-state index is 14.3. The molecule has 1 aromatic carbocycles. The Labute approximate surface area is 250 Å². The molecule has 0 saturated carbocycles. The lowest BCUT2D eigenvalue weighted by atomic mass is 9.92. The van der Waals surface area contributed by atoms with Gasteiger partial charge in [0, 0.05) is 12.7 Å². The monoisotopic (exact) mass is 680 g/mol. The van der Waals surface area contributed by atoms with Crippen LogP contribution in [0, 0.1) is 5.92 Å². The molecule has 0 spiro atoms. The predicted octanol–water partition coefficient (Wildman–Crippen LogP) is 8.49. The van der Waals surface area contributed by atoms with E-state index in [1.165, 1.54) is 19.2 Å². The zero-order valence-electron chi connectivity index (χ0n) is 25.0. The van der Waals surface area contributed by atoms with Crippen molar-refractivity contribution in [2.75, 3.05) is 19.0 Å². The fourth-order valence-corrected chi connectivity index (χ4v) is 4.25. The summed E-state index contributed by atoms with van der Waals surface area (Å²) in [6.07, 6.45) is -9.57. The third-order valence-corrected chi connectivity index (χ3v) is 6.82. The molecule has 2 amide bonds. The van der Waals surface area contributed by atoms with Gasteiger partial charge in [-0.05, 0) is 41.0 Å². The summed E-state index contributed by atoms with van der Waals surface area (Å²) in [7, 11) is 1.37. The summed E-state index contributed by atoms with van der Waals surface area (Å²) in [6, 6.07) is 1.69. The summed E-state index contributed by atoms with van der Waals surface area (Å²) in [5.41, 5.74) is 0.463. The van der Waals surface area contributed by atoms with Crippen molar-refractivity contribution >= 4 is 18.0 Å². The minimum absolute atomic E-state index is 0.133. The highest BCUT2D eigenvalue weighted by Gasteiger charge is 2.90. The van der Waals surface area contributed by atoms with Crippen molar-refractivity contribution in [1.29, 1.82) is 0 Å². The van der Waals surface area contributed by atoms with E-state index >= 15 is 0 Å². The van der Waals surface area contributed by atoms with E-state index in [-0.39, 0.29) is 28.5 Å². The Bertz CT molecular complexity index is 1170. The third-order valence-electron chi connectivity index (χ3n) is 6.82. The zero-order chi connectivity index (χ0) is 35.7. The fraction of sp³-hybridized carbons (Fsp3) is 0.704. The van der Waals surface area contributed by atoms with Gasteiger partial charge in [-0.2, -0.15) is 57.1 Å². The largest absolute Gasteiger partial charge is 0.493 e. The molecule has 0 aliphatic heterocycles. The van der Waals surface area contributed by atoms with E-state index in [1.807, 2.05) is 0 Å². The second kappa shape index (κ2) is 13.4. The van der Waals surface area contributed by atoms with E-state index in [1.54, 1.807) is 41.5 Å². The maximum absolute atomic E-state index is 14.3. The molecule has 1 aromatic rings. The van der Waals surface area contributed by atoms with Crippen molar-refractivity contribution in [3.05, 3.63) is 23.3 Å². The van der Waals surface area contributed by atoms with Gasteiger partial charge < -0.3 is 15.0 Å². The van der Waals surface area contributed by atoms with E-state index in [2.05, 4.69) is 5.32 Å². The lowest BCUT2D eigenvalue weighted by molar-refractivity contribution is -0.440. The van der Waals surface area contributed by atoms with Gasteiger partial charge in [0.25, 0.3) is 0 Å². The number of alkyl halides is 13. The van der Waals surface area contributed by atoms with E-state index in [0.29, 0.717) is 6.41 Å². The molecule has 260 valence electrons. The topological polar surface area (TPSA) is 58.6 Å². The lowest BCUT2D eigenvalue weighted by Crippen LogP contribution is -2.70. The number of nitrogens with zero attached hydrogens (tertiary/aromatic N) is 1. The molecule has 0 unspecified atom stereocenters. The first-order valence-corrected chi connectivity index (χ1v) is 13.3. The number of amides is 2. The van der Waals surface area contributed by atoms with Gasteiger partial charge in [0.15, 0.2) is 0 Å². The number of carbonyl (C=O) groups is 2. The predicted molar refractivity (Wildman–Crippen MR) is 137 cm³/mol. The van der Waals surface area contributed by atoms with Gasteiger partial charge in [0.05, 0.1) is 13.0 Å². The summed E-state index contributed by atoms with van der Waals surface area (Å²) in [6.45, 7) is 7.95. The maximum Gasteiger partial charge on any atom is 0.460 e. The Hall–Kier alpha value is -2.95.